The first-order valence-corrected chi connectivity index (χ1v) is 9.50. The second kappa shape index (κ2) is 8.85. The standard InChI is InChI=1S/C22H28N2O3/c1-6-8-18(24-27-7-2)22-19(25)10-16(11-20(22)26)21-14(4)9-13(3)17(12-23)15(21)5/h9,16,25H,6-8,10-11H2,1-5H3. The van der Waals surface area contributed by atoms with Gasteiger partial charge in [-0.05, 0) is 62.3 Å². The first kappa shape index (κ1) is 20.7. The first-order chi connectivity index (χ1) is 12.8. The number of hydrogen-bond acceptors (Lipinski definition) is 5. The highest BCUT2D eigenvalue weighted by molar-refractivity contribution is 6.23. The van der Waals surface area contributed by atoms with Crippen LogP contribution in [0.5, 0.6) is 0 Å². The Morgan fingerprint density at radius 2 is 2.00 bits per heavy atom. The molecule has 0 amide bonds. The number of carbonyl (C=O) groups excluding carboxylic acids is 1. The van der Waals surface area contributed by atoms with Gasteiger partial charge in [-0.25, -0.2) is 0 Å². The summed E-state index contributed by atoms with van der Waals surface area (Å²) in [5.41, 5.74) is 5.38. The molecule has 0 spiro atoms. The van der Waals surface area contributed by atoms with Crippen LogP contribution in [-0.2, 0) is 9.63 Å². The van der Waals surface area contributed by atoms with Gasteiger partial charge in [0.1, 0.15) is 12.4 Å². The molecule has 0 saturated carbocycles. The zero-order chi connectivity index (χ0) is 20.1. The number of oxime groups is 1. The molecule has 1 aromatic carbocycles. The maximum atomic E-state index is 12.9. The lowest BCUT2D eigenvalue weighted by atomic mass is 9.77. The Morgan fingerprint density at radius 3 is 2.56 bits per heavy atom. The number of ketones is 1. The number of aliphatic hydroxyl groups excluding tert-OH is 1. The summed E-state index contributed by atoms with van der Waals surface area (Å²) < 4.78 is 0. The number of carbonyl (C=O) groups is 1. The van der Waals surface area contributed by atoms with E-state index in [1.54, 1.807) is 0 Å². The molecule has 144 valence electrons. The topological polar surface area (TPSA) is 82.7 Å². The van der Waals surface area contributed by atoms with E-state index in [0.29, 0.717) is 42.7 Å². The molecule has 0 saturated heterocycles. The van der Waals surface area contributed by atoms with Crippen LogP contribution in [0.4, 0.5) is 0 Å². The third kappa shape index (κ3) is 4.21. The molecule has 0 aromatic heterocycles. The van der Waals surface area contributed by atoms with Gasteiger partial charge in [-0.3, -0.25) is 4.79 Å². The molecule has 1 unspecified atom stereocenters. The summed E-state index contributed by atoms with van der Waals surface area (Å²) >= 11 is 0. The number of allylic oxidation sites excluding steroid dienone is 2. The molecule has 0 fully saturated rings. The quantitative estimate of drug-likeness (QED) is 0.570. The van der Waals surface area contributed by atoms with Crippen molar-refractivity contribution in [1.82, 2.24) is 0 Å². The lowest BCUT2D eigenvalue weighted by Crippen LogP contribution is -2.25. The van der Waals surface area contributed by atoms with E-state index in [-0.39, 0.29) is 17.5 Å². The number of aliphatic hydroxyl groups is 1. The van der Waals surface area contributed by atoms with Crippen LogP contribution < -0.4 is 0 Å². The summed E-state index contributed by atoms with van der Waals surface area (Å²) in [6.07, 6.45) is 2.05. The Kier molecular flexibility index (Phi) is 6.79. The fraction of sp³-hybridized carbons (Fsp3) is 0.500. The third-order valence-electron chi connectivity index (χ3n) is 5.07. The number of rotatable bonds is 6. The average molecular weight is 368 g/mol. The number of hydrogen-bond donors (Lipinski definition) is 1. The van der Waals surface area contributed by atoms with Gasteiger partial charge in [0.05, 0.1) is 22.9 Å². The van der Waals surface area contributed by atoms with E-state index in [0.717, 1.165) is 28.7 Å². The largest absolute Gasteiger partial charge is 0.511 e. The second-order valence-electron chi connectivity index (χ2n) is 7.09. The molecule has 27 heavy (non-hydrogen) atoms. The minimum Gasteiger partial charge on any atom is -0.511 e. The van der Waals surface area contributed by atoms with Crippen LogP contribution in [0.2, 0.25) is 0 Å². The number of nitrogens with zero attached hydrogens (tertiary/aromatic N) is 2. The van der Waals surface area contributed by atoms with E-state index < -0.39 is 0 Å². The van der Waals surface area contributed by atoms with Crippen molar-refractivity contribution in [2.24, 2.45) is 5.16 Å². The minimum atomic E-state index is -0.135. The van der Waals surface area contributed by atoms with Crippen LogP contribution in [0.25, 0.3) is 0 Å². The number of Topliss-reactive ketones (excluding diaryl/α,β-unsaturated/α-hetero) is 1. The highest BCUT2D eigenvalue weighted by atomic mass is 16.6. The lowest BCUT2D eigenvalue weighted by molar-refractivity contribution is -0.116. The minimum absolute atomic E-state index is 0.0704. The van der Waals surface area contributed by atoms with Crippen molar-refractivity contribution in [3.05, 3.63) is 45.2 Å². The zero-order valence-corrected chi connectivity index (χ0v) is 16.8. The number of nitriles is 1. The van der Waals surface area contributed by atoms with Crippen LogP contribution in [0.3, 0.4) is 0 Å². The van der Waals surface area contributed by atoms with Crippen molar-refractivity contribution >= 4 is 11.5 Å². The van der Waals surface area contributed by atoms with Crippen molar-refractivity contribution in [3.63, 3.8) is 0 Å². The van der Waals surface area contributed by atoms with E-state index in [9.17, 15) is 15.2 Å². The zero-order valence-electron chi connectivity index (χ0n) is 16.8. The van der Waals surface area contributed by atoms with Gasteiger partial charge >= 0.3 is 0 Å². The van der Waals surface area contributed by atoms with Crippen molar-refractivity contribution in [1.29, 1.82) is 5.26 Å². The molecule has 5 heteroatoms. The summed E-state index contributed by atoms with van der Waals surface area (Å²) in [6, 6.07) is 4.25. The van der Waals surface area contributed by atoms with Crippen molar-refractivity contribution in [2.45, 2.75) is 66.2 Å². The Balaban J connectivity index is 2.47. The van der Waals surface area contributed by atoms with Gasteiger partial charge in [-0.2, -0.15) is 5.26 Å². The fourth-order valence-corrected chi connectivity index (χ4v) is 4.02. The van der Waals surface area contributed by atoms with Crippen LogP contribution in [0, 0.1) is 32.1 Å². The van der Waals surface area contributed by atoms with E-state index >= 15 is 0 Å². The lowest BCUT2D eigenvalue weighted by Gasteiger charge is -2.27. The molecule has 1 aliphatic rings. The monoisotopic (exact) mass is 368 g/mol. The molecule has 1 atom stereocenters. The van der Waals surface area contributed by atoms with Gasteiger partial charge < -0.3 is 9.94 Å². The van der Waals surface area contributed by atoms with Crippen molar-refractivity contribution < 1.29 is 14.7 Å². The van der Waals surface area contributed by atoms with E-state index in [2.05, 4.69) is 11.2 Å². The SMILES string of the molecule is CCCC(=NOCC)C1=C(O)CC(c2c(C)cc(C)c(C#N)c2C)CC1=O. The smallest absolute Gasteiger partial charge is 0.168 e. The second-order valence-corrected chi connectivity index (χ2v) is 7.09. The maximum Gasteiger partial charge on any atom is 0.168 e. The summed E-state index contributed by atoms with van der Waals surface area (Å²) in [5, 5.41) is 24.2. The highest BCUT2D eigenvalue weighted by Crippen LogP contribution is 2.39. The van der Waals surface area contributed by atoms with Crippen molar-refractivity contribution in [3.8, 4) is 6.07 Å². The number of aryl methyl sites for hydroxylation is 2. The molecular weight excluding hydrogens is 340 g/mol. The molecule has 5 nitrogen and oxygen atoms in total. The van der Waals surface area contributed by atoms with E-state index in [1.807, 2.05) is 40.7 Å². The predicted octanol–water partition coefficient (Wildman–Crippen LogP) is 4.93. The van der Waals surface area contributed by atoms with Gasteiger partial charge in [-0.1, -0.05) is 24.6 Å². The molecular formula is C22H28N2O3. The molecule has 0 heterocycles. The van der Waals surface area contributed by atoms with Crippen LogP contribution in [0.1, 0.15) is 73.3 Å². The average Bonchev–Trinajstić information content (AvgIpc) is 2.59. The Bertz CT molecular complexity index is 844. The molecule has 1 aliphatic carbocycles. The van der Waals surface area contributed by atoms with E-state index in [1.165, 1.54) is 0 Å². The number of benzene rings is 1. The Hall–Kier alpha value is -2.61. The molecule has 0 bridgehead atoms. The first-order valence-electron chi connectivity index (χ1n) is 9.50. The molecule has 0 aliphatic heterocycles. The summed E-state index contributed by atoms with van der Waals surface area (Å²) in [7, 11) is 0. The van der Waals surface area contributed by atoms with Crippen LogP contribution >= 0.6 is 0 Å². The molecule has 1 N–H and O–H groups in total. The summed E-state index contributed by atoms with van der Waals surface area (Å²) in [4.78, 5) is 18.0. The third-order valence-corrected chi connectivity index (χ3v) is 5.07. The molecule has 0 radical (unpaired) electrons. The maximum absolute atomic E-state index is 12.9. The normalized spacial score (nSPS) is 17.9. The van der Waals surface area contributed by atoms with Gasteiger partial charge in [0.15, 0.2) is 5.78 Å². The molecule has 1 aromatic rings. The van der Waals surface area contributed by atoms with Crippen LogP contribution in [0.15, 0.2) is 22.6 Å². The Labute approximate surface area is 161 Å². The van der Waals surface area contributed by atoms with E-state index in [4.69, 9.17) is 4.84 Å². The highest BCUT2D eigenvalue weighted by Gasteiger charge is 2.33. The van der Waals surface area contributed by atoms with Gasteiger partial charge in [-0.15, -0.1) is 0 Å². The molecule has 2 rings (SSSR count). The summed E-state index contributed by atoms with van der Waals surface area (Å²) in [6.45, 7) is 10.1. The van der Waals surface area contributed by atoms with Gasteiger partial charge in [0.25, 0.3) is 0 Å². The fourth-order valence-electron chi connectivity index (χ4n) is 4.02. The van der Waals surface area contributed by atoms with Gasteiger partial charge in [0, 0.05) is 12.8 Å². The predicted molar refractivity (Wildman–Crippen MR) is 106 cm³/mol. The van der Waals surface area contributed by atoms with Crippen LogP contribution in [-0.4, -0.2) is 23.2 Å². The summed E-state index contributed by atoms with van der Waals surface area (Å²) in [5.74, 6) is -0.182. The van der Waals surface area contributed by atoms with Gasteiger partial charge in [0.2, 0.25) is 0 Å². The van der Waals surface area contributed by atoms with Crippen molar-refractivity contribution in [2.75, 3.05) is 6.61 Å². The Morgan fingerprint density at radius 1 is 1.30 bits per heavy atom.